The van der Waals surface area contributed by atoms with Crippen molar-refractivity contribution in [3.8, 4) is 0 Å². The van der Waals surface area contributed by atoms with Crippen molar-refractivity contribution in [3.05, 3.63) is 78.1 Å². The topological polar surface area (TPSA) is 6.48 Å². The minimum absolute atomic E-state index is 0.195. The quantitative estimate of drug-likeness (QED) is 0.630. The van der Waals surface area contributed by atoms with Crippen LogP contribution >= 0.6 is 12.2 Å². The maximum absolute atomic E-state index is 13.1. The van der Waals surface area contributed by atoms with Gasteiger partial charge in [-0.25, -0.2) is 4.39 Å². The van der Waals surface area contributed by atoms with Crippen LogP contribution in [-0.2, 0) is 0 Å². The van der Waals surface area contributed by atoms with Gasteiger partial charge in [0, 0.05) is 37.4 Å². The van der Waals surface area contributed by atoms with E-state index in [1.807, 2.05) is 12.1 Å². The number of nitrogens with zero attached hydrogens (tertiary/aromatic N) is 2. The number of rotatable bonds is 2. The minimum atomic E-state index is -0.195. The van der Waals surface area contributed by atoms with Gasteiger partial charge in [0.05, 0.1) is 0 Å². The molecule has 1 saturated heterocycles. The number of anilines is 1. The van der Waals surface area contributed by atoms with Gasteiger partial charge in [0.15, 0.2) is 0 Å². The third-order valence-corrected chi connectivity index (χ3v) is 5.26. The second-order valence-electron chi connectivity index (χ2n) is 6.28. The Bertz CT molecular complexity index is 894. The third-order valence-electron chi connectivity index (χ3n) is 4.78. The van der Waals surface area contributed by atoms with Gasteiger partial charge in [0.25, 0.3) is 0 Å². The van der Waals surface area contributed by atoms with E-state index in [1.54, 1.807) is 0 Å². The van der Waals surface area contributed by atoms with Crippen LogP contribution in [0.2, 0.25) is 0 Å². The molecule has 4 rings (SSSR count). The molecule has 0 unspecified atom stereocenters. The van der Waals surface area contributed by atoms with Crippen LogP contribution < -0.4 is 4.90 Å². The van der Waals surface area contributed by atoms with E-state index in [0.717, 1.165) is 42.4 Å². The van der Waals surface area contributed by atoms with Gasteiger partial charge in [-0.15, -0.1) is 0 Å². The van der Waals surface area contributed by atoms with Gasteiger partial charge in [-0.05, 0) is 35.0 Å². The summed E-state index contributed by atoms with van der Waals surface area (Å²) in [6, 6.07) is 21.4. The van der Waals surface area contributed by atoms with Gasteiger partial charge in [-0.1, -0.05) is 54.7 Å². The van der Waals surface area contributed by atoms with E-state index in [4.69, 9.17) is 12.2 Å². The molecule has 0 radical (unpaired) electrons. The molecule has 0 aliphatic carbocycles. The lowest BCUT2D eigenvalue weighted by Crippen LogP contribution is -2.48. The Kier molecular flexibility index (Phi) is 4.36. The van der Waals surface area contributed by atoms with Crippen LogP contribution in [0.4, 0.5) is 10.1 Å². The van der Waals surface area contributed by atoms with E-state index < -0.39 is 0 Å². The van der Waals surface area contributed by atoms with Crippen molar-refractivity contribution in [1.82, 2.24) is 4.90 Å². The van der Waals surface area contributed by atoms with Crippen molar-refractivity contribution in [2.24, 2.45) is 0 Å². The highest BCUT2D eigenvalue weighted by molar-refractivity contribution is 7.80. The van der Waals surface area contributed by atoms with E-state index in [9.17, 15) is 4.39 Å². The van der Waals surface area contributed by atoms with Crippen LogP contribution in [0.5, 0.6) is 0 Å². The molecular weight excluding hydrogens is 331 g/mol. The predicted octanol–water partition coefficient (Wildman–Crippen LogP) is 4.48. The van der Waals surface area contributed by atoms with Gasteiger partial charge in [-0.3, -0.25) is 0 Å². The summed E-state index contributed by atoms with van der Waals surface area (Å²) < 4.78 is 13.1. The molecule has 126 valence electrons. The lowest BCUT2D eigenvalue weighted by molar-refractivity contribution is 0.392. The normalized spacial score (nSPS) is 14.8. The maximum atomic E-state index is 13.1. The van der Waals surface area contributed by atoms with Crippen molar-refractivity contribution in [3.63, 3.8) is 0 Å². The molecule has 0 saturated carbocycles. The minimum Gasteiger partial charge on any atom is -0.368 e. The highest BCUT2D eigenvalue weighted by Gasteiger charge is 2.21. The molecule has 3 aromatic carbocycles. The van der Waals surface area contributed by atoms with Gasteiger partial charge in [0.1, 0.15) is 10.8 Å². The molecule has 3 aromatic rings. The molecular formula is C21H19FN2S. The smallest absolute Gasteiger partial charge is 0.123 e. The summed E-state index contributed by atoms with van der Waals surface area (Å²) in [4.78, 5) is 5.47. The molecule has 1 aliphatic heterocycles. The van der Waals surface area contributed by atoms with Crippen molar-refractivity contribution in [2.75, 3.05) is 31.1 Å². The van der Waals surface area contributed by atoms with Crippen LogP contribution in [0.3, 0.4) is 0 Å². The molecule has 1 heterocycles. The van der Waals surface area contributed by atoms with E-state index >= 15 is 0 Å². The van der Waals surface area contributed by atoms with Crippen LogP contribution in [0.25, 0.3) is 10.8 Å². The summed E-state index contributed by atoms with van der Waals surface area (Å²) in [6.07, 6.45) is 0. The molecule has 0 atom stereocenters. The van der Waals surface area contributed by atoms with E-state index in [2.05, 4.69) is 52.3 Å². The number of benzene rings is 3. The second-order valence-corrected chi connectivity index (χ2v) is 6.67. The summed E-state index contributed by atoms with van der Waals surface area (Å²) >= 11 is 5.80. The summed E-state index contributed by atoms with van der Waals surface area (Å²) in [6.45, 7) is 3.52. The first-order valence-electron chi connectivity index (χ1n) is 8.50. The molecule has 0 N–H and O–H groups in total. The number of hydrogen-bond donors (Lipinski definition) is 0. The third kappa shape index (κ3) is 3.22. The number of thiocarbonyl (C=S) groups is 1. The Morgan fingerprint density at radius 2 is 1.48 bits per heavy atom. The first-order chi connectivity index (χ1) is 12.2. The molecule has 1 fully saturated rings. The Hall–Kier alpha value is -2.46. The largest absolute Gasteiger partial charge is 0.368 e. The number of fused-ring (bicyclic) bond motifs is 1. The Morgan fingerprint density at radius 3 is 2.24 bits per heavy atom. The molecule has 0 bridgehead atoms. The fraction of sp³-hybridized carbons (Fsp3) is 0.190. The zero-order valence-electron chi connectivity index (χ0n) is 13.9. The first-order valence-corrected chi connectivity index (χ1v) is 8.91. The Balaban J connectivity index is 1.50. The average Bonchev–Trinajstić information content (AvgIpc) is 2.68. The number of halogens is 1. The zero-order chi connectivity index (χ0) is 17.2. The van der Waals surface area contributed by atoms with E-state index in [1.165, 1.54) is 22.9 Å². The van der Waals surface area contributed by atoms with Crippen molar-refractivity contribution in [1.29, 1.82) is 0 Å². The van der Waals surface area contributed by atoms with Crippen LogP contribution in [0.1, 0.15) is 5.56 Å². The first kappa shape index (κ1) is 16.0. The SMILES string of the molecule is Fc1ccc(N2CCN(C(=S)c3cccc4ccccc34)CC2)cc1. The standard InChI is InChI=1S/C21H19FN2S/c22-17-8-10-18(11-9-17)23-12-14-24(15-13-23)21(25)20-7-3-5-16-4-1-2-6-19(16)20/h1-11H,12-15H2. The average molecular weight is 350 g/mol. The number of hydrogen-bond acceptors (Lipinski definition) is 2. The van der Waals surface area contributed by atoms with Gasteiger partial charge >= 0.3 is 0 Å². The fourth-order valence-corrected chi connectivity index (χ4v) is 3.76. The summed E-state index contributed by atoms with van der Waals surface area (Å²) in [5.74, 6) is -0.195. The number of piperazine rings is 1. The van der Waals surface area contributed by atoms with Crippen LogP contribution in [0.15, 0.2) is 66.7 Å². The van der Waals surface area contributed by atoms with Crippen LogP contribution in [0, 0.1) is 5.82 Å². The maximum Gasteiger partial charge on any atom is 0.123 e. The second kappa shape index (κ2) is 6.81. The summed E-state index contributed by atoms with van der Waals surface area (Å²) in [7, 11) is 0. The highest BCUT2D eigenvalue weighted by atomic mass is 32.1. The van der Waals surface area contributed by atoms with E-state index in [-0.39, 0.29) is 5.82 Å². The van der Waals surface area contributed by atoms with Gasteiger partial charge < -0.3 is 9.80 Å². The monoisotopic (exact) mass is 350 g/mol. The molecule has 0 spiro atoms. The van der Waals surface area contributed by atoms with Gasteiger partial charge in [0.2, 0.25) is 0 Å². The van der Waals surface area contributed by atoms with Crippen LogP contribution in [-0.4, -0.2) is 36.1 Å². The predicted molar refractivity (Wildman–Crippen MR) is 106 cm³/mol. The summed E-state index contributed by atoms with van der Waals surface area (Å²) in [5, 5.41) is 2.42. The lowest BCUT2D eigenvalue weighted by Gasteiger charge is -2.37. The molecule has 25 heavy (non-hydrogen) atoms. The van der Waals surface area contributed by atoms with Gasteiger partial charge in [-0.2, -0.15) is 0 Å². The lowest BCUT2D eigenvalue weighted by atomic mass is 10.0. The van der Waals surface area contributed by atoms with Crippen molar-refractivity contribution in [2.45, 2.75) is 0 Å². The Morgan fingerprint density at radius 1 is 0.800 bits per heavy atom. The van der Waals surface area contributed by atoms with E-state index in [0.29, 0.717) is 0 Å². The fourth-order valence-electron chi connectivity index (χ4n) is 3.40. The summed E-state index contributed by atoms with van der Waals surface area (Å²) in [5.41, 5.74) is 2.19. The highest BCUT2D eigenvalue weighted by Crippen LogP contribution is 2.22. The van der Waals surface area contributed by atoms with Crippen molar-refractivity contribution >= 4 is 33.7 Å². The molecule has 2 nitrogen and oxygen atoms in total. The molecule has 0 aromatic heterocycles. The molecule has 4 heteroatoms. The Labute approximate surface area is 152 Å². The molecule has 1 aliphatic rings. The molecule has 0 amide bonds. The van der Waals surface area contributed by atoms with Crippen molar-refractivity contribution < 1.29 is 4.39 Å². The zero-order valence-corrected chi connectivity index (χ0v) is 14.7.